The van der Waals surface area contributed by atoms with Gasteiger partial charge in [-0.15, -0.1) is 6.58 Å². The predicted octanol–water partition coefficient (Wildman–Crippen LogP) is 5.61. The number of hydrogen-bond donors (Lipinski definition) is 3. The van der Waals surface area contributed by atoms with Gasteiger partial charge in [-0.05, 0) is 61.0 Å². The van der Waals surface area contributed by atoms with Gasteiger partial charge in [0, 0.05) is 19.4 Å². The lowest BCUT2D eigenvalue weighted by Crippen LogP contribution is -2.62. The van der Waals surface area contributed by atoms with Crippen LogP contribution in [0.2, 0.25) is 18.1 Å². The second-order valence-electron chi connectivity index (χ2n) is 13.4. The molecule has 1 aromatic rings. The third-order valence-electron chi connectivity index (χ3n) is 8.09. The van der Waals surface area contributed by atoms with Crippen molar-refractivity contribution in [3.8, 4) is 5.75 Å². The molecule has 0 aliphatic carbocycles. The van der Waals surface area contributed by atoms with Crippen LogP contribution in [0.15, 0.2) is 36.9 Å². The number of hydrazine groups is 1. The molecule has 1 aliphatic heterocycles. The molecule has 1 saturated heterocycles. The van der Waals surface area contributed by atoms with Gasteiger partial charge in [-0.2, -0.15) is 0 Å². The Labute approximate surface area is 289 Å². The van der Waals surface area contributed by atoms with Crippen LogP contribution < -0.4 is 20.5 Å². The highest BCUT2D eigenvalue weighted by molar-refractivity contribution is 6.74. The molecule has 0 spiro atoms. The van der Waals surface area contributed by atoms with E-state index in [-0.39, 0.29) is 29.7 Å². The first-order valence-corrected chi connectivity index (χ1v) is 19.6. The smallest absolute Gasteiger partial charge is 0.325 e. The van der Waals surface area contributed by atoms with Crippen molar-refractivity contribution in [2.75, 3.05) is 13.2 Å². The summed E-state index contributed by atoms with van der Waals surface area (Å²) < 4.78 is 9.85. The number of hydrogen-bond acceptors (Lipinski definition) is 7. The minimum Gasteiger partial charge on any atom is -0.543 e. The van der Waals surface area contributed by atoms with Gasteiger partial charge in [-0.1, -0.05) is 87.6 Å². The third kappa shape index (κ3) is 12.7. The number of rotatable bonds is 14. The Bertz CT molecular complexity index is 1230. The quantitative estimate of drug-likeness (QED) is 0.0988. The second kappa shape index (κ2) is 17.2. The van der Waals surface area contributed by atoms with Crippen LogP contribution in [0.3, 0.4) is 0 Å². The summed E-state index contributed by atoms with van der Waals surface area (Å²) in [5.74, 6) is -1.48. The van der Waals surface area contributed by atoms with Crippen molar-refractivity contribution in [1.29, 1.82) is 0 Å². The van der Waals surface area contributed by atoms with Gasteiger partial charge < -0.3 is 19.8 Å². The zero-order chi connectivity index (χ0) is 34.9. The number of benzene rings is 1. The maximum Gasteiger partial charge on any atom is 0.325 e. The molecule has 0 radical (unpaired) electrons. The number of amides is 3. The van der Waals surface area contributed by atoms with Crippen molar-refractivity contribution in [3.05, 3.63) is 42.5 Å². The standard InChI is InChI=1S/C32H49Cl3N4O6Si/c1-9-10-16-26(40)37-27(21(2)3)28(41)36-25(19-22-13-11-14-23(18-22)45-46(7,8)31(4,5)6)29(42)39-17-12-15-24(38-39)30(43)44-20-32(33,34)35/h9,11,13-14,18,21,24-25,27,38H,1,10,12,15-17,19-20H2,2-8H3,(H,36,41)(H,37,40). The number of nitrogens with zero attached hydrogens (tertiary/aromatic N) is 1. The van der Waals surface area contributed by atoms with Gasteiger partial charge in [-0.3, -0.25) is 24.2 Å². The maximum absolute atomic E-state index is 14.0. The number of allylic oxidation sites excluding steroid dienone is 1. The van der Waals surface area contributed by atoms with E-state index >= 15 is 0 Å². The van der Waals surface area contributed by atoms with E-state index in [1.54, 1.807) is 6.08 Å². The molecule has 46 heavy (non-hydrogen) atoms. The van der Waals surface area contributed by atoms with E-state index in [1.165, 1.54) is 5.01 Å². The Kier molecular flexibility index (Phi) is 14.9. The van der Waals surface area contributed by atoms with Gasteiger partial charge in [0.05, 0.1) is 0 Å². The van der Waals surface area contributed by atoms with Crippen molar-refractivity contribution < 1.29 is 28.3 Å². The molecule has 258 valence electrons. The van der Waals surface area contributed by atoms with E-state index < -0.39 is 54.6 Å². The van der Waals surface area contributed by atoms with Crippen LogP contribution in [-0.4, -0.2) is 72.1 Å². The molecule has 0 aromatic heterocycles. The fourth-order valence-corrected chi connectivity index (χ4v) is 5.64. The first-order chi connectivity index (χ1) is 21.2. The van der Waals surface area contributed by atoms with Crippen LogP contribution in [0.5, 0.6) is 5.75 Å². The topological polar surface area (TPSA) is 126 Å². The summed E-state index contributed by atoms with van der Waals surface area (Å²) in [5, 5.41) is 6.97. The summed E-state index contributed by atoms with van der Waals surface area (Å²) >= 11 is 17.2. The summed E-state index contributed by atoms with van der Waals surface area (Å²) in [4.78, 5) is 52.9. The number of ether oxygens (including phenoxy) is 1. The highest BCUT2D eigenvalue weighted by atomic mass is 35.6. The van der Waals surface area contributed by atoms with Gasteiger partial charge in [0.2, 0.25) is 23.9 Å². The Morgan fingerprint density at radius 3 is 2.41 bits per heavy atom. The molecule has 1 aliphatic rings. The maximum atomic E-state index is 14.0. The van der Waals surface area contributed by atoms with Crippen molar-refractivity contribution in [3.63, 3.8) is 0 Å². The van der Waals surface area contributed by atoms with E-state index in [0.29, 0.717) is 31.6 Å². The molecule has 1 heterocycles. The van der Waals surface area contributed by atoms with Crippen LogP contribution in [0, 0.1) is 5.92 Å². The predicted molar refractivity (Wildman–Crippen MR) is 185 cm³/mol. The zero-order valence-corrected chi connectivity index (χ0v) is 31.2. The number of carbonyl (C=O) groups excluding carboxylic acids is 4. The van der Waals surface area contributed by atoms with E-state index in [9.17, 15) is 19.2 Å². The molecule has 0 saturated carbocycles. The summed E-state index contributed by atoms with van der Waals surface area (Å²) in [7, 11) is -2.14. The largest absolute Gasteiger partial charge is 0.543 e. The highest BCUT2D eigenvalue weighted by Crippen LogP contribution is 2.37. The van der Waals surface area contributed by atoms with Crippen LogP contribution in [0.4, 0.5) is 0 Å². The van der Waals surface area contributed by atoms with Gasteiger partial charge >= 0.3 is 5.97 Å². The molecule has 1 fully saturated rings. The average molecular weight is 720 g/mol. The summed E-state index contributed by atoms with van der Waals surface area (Å²) in [5.41, 5.74) is 3.69. The van der Waals surface area contributed by atoms with Crippen molar-refractivity contribution >= 4 is 66.8 Å². The molecule has 2 rings (SSSR count). The normalized spacial score (nSPS) is 17.1. The van der Waals surface area contributed by atoms with E-state index in [4.69, 9.17) is 44.0 Å². The lowest BCUT2D eigenvalue weighted by Gasteiger charge is -2.36. The lowest BCUT2D eigenvalue weighted by atomic mass is 10.00. The van der Waals surface area contributed by atoms with Gasteiger partial charge in [0.25, 0.3) is 5.91 Å². The Balaban J connectivity index is 2.35. The molecule has 14 heteroatoms. The van der Waals surface area contributed by atoms with Crippen LogP contribution in [-0.2, 0) is 30.3 Å². The van der Waals surface area contributed by atoms with Gasteiger partial charge in [0.1, 0.15) is 30.5 Å². The SMILES string of the molecule is C=CCCC(=O)NC(C(=O)NC(Cc1cccc(O[Si](C)(C)C(C)(C)C)c1)C(=O)N1CCCC(C(=O)OCC(Cl)(Cl)Cl)N1)C(C)C. The van der Waals surface area contributed by atoms with Gasteiger partial charge in [-0.25, -0.2) is 5.43 Å². The fourth-order valence-electron chi connectivity index (χ4n) is 4.45. The highest BCUT2D eigenvalue weighted by Gasteiger charge is 2.39. The molecule has 3 atom stereocenters. The minimum atomic E-state index is -2.14. The van der Waals surface area contributed by atoms with Crippen molar-refractivity contribution in [2.24, 2.45) is 5.92 Å². The second-order valence-corrected chi connectivity index (χ2v) is 20.7. The summed E-state index contributed by atoms with van der Waals surface area (Å²) in [6.07, 6.45) is 3.33. The van der Waals surface area contributed by atoms with Crippen LogP contribution in [0.1, 0.15) is 65.9 Å². The average Bonchev–Trinajstić information content (AvgIpc) is 2.95. The number of halogens is 3. The molecule has 0 bridgehead atoms. The van der Waals surface area contributed by atoms with Crippen LogP contribution in [0.25, 0.3) is 0 Å². The Morgan fingerprint density at radius 2 is 1.83 bits per heavy atom. The molecule has 10 nitrogen and oxygen atoms in total. The third-order valence-corrected chi connectivity index (χ3v) is 12.8. The van der Waals surface area contributed by atoms with Crippen LogP contribution >= 0.6 is 34.8 Å². The zero-order valence-electron chi connectivity index (χ0n) is 27.9. The molecular formula is C32H49Cl3N4O6Si. The number of alkyl halides is 3. The number of nitrogens with one attached hydrogen (secondary N) is 3. The Hall–Kier alpha value is -2.31. The first-order valence-electron chi connectivity index (χ1n) is 15.5. The number of esters is 1. The molecule has 1 aromatic carbocycles. The van der Waals surface area contributed by atoms with Gasteiger partial charge in [0.15, 0.2) is 0 Å². The number of carbonyl (C=O) groups is 4. The van der Waals surface area contributed by atoms with E-state index in [1.807, 2.05) is 38.1 Å². The first kappa shape index (κ1) is 39.9. The fraction of sp³-hybridized carbons (Fsp3) is 0.625. The molecule has 3 amide bonds. The lowest BCUT2D eigenvalue weighted by molar-refractivity contribution is -0.153. The van der Waals surface area contributed by atoms with E-state index in [2.05, 4.69) is 56.5 Å². The molecular weight excluding hydrogens is 671 g/mol. The summed E-state index contributed by atoms with van der Waals surface area (Å²) in [6, 6.07) is 4.72. The molecule has 3 N–H and O–H groups in total. The monoisotopic (exact) mass is 718 g/mol. The van der Waals surface area contributed by atoms with E-state index in [0.717, 1.165) is 5.56 Å². The Morgan fingerprint density at radius 1 is 1.15 bits per heavy atom. The summed E-state index contributed by atoms with van der Waals surface area (Å²) in [6.45, 7) is 17.9. The van der Waals surface area contributed by atoms with Crippen molar-refractivity contribution in [2.45, 2.75) is 107 Å². The molecule has 3 unspecified atom stereocenters. The minimum absolute atomic E-state index is 0.0200. The van der Waals surface area contributed by atoms with Crippen molar-refractivity contribution in [1.82, 2.24) is 21.1 Å².